The predicted molar refractivity (Wildman–Crippen MR) is 91.8 cm³/mol. The number of nitrogen functional groups attached to an aromatic ring is 1. The van der Waals surface area contributed by atoms with E-state index in [0.29, 0.717) is 17.3 Å². The van der Waals surface area contributed by atoms with Crippen LogP contribution in [0.2, 0.25) is 0 Å². The highest BCUT2D eigenvalue weighted by Crippen LogP contribution is 2.27. The van der Waals surface area contributed by atoms with Crippen LogP contribution in [0.5, 0.6) is 0 Å². The van der Waals surface area contributed by atoms with Gasteiger partial charge in [-0.3, -0.25) is 4.98 Å². The Morgan fingerprint density at radius 3 is 2.80 bits per heavy atom. The molecule has 0 amide bonds. The van der Waals surface area contributed by atoms with E-state index in [1.165, 1.54) is 0 Å². The van der Waals surface area contributed by atoms with Gasteiger partial charge in [-0.1, -0.05) is 28.1 Å². The summed E-state index contributed by atoms with van der Waals surface area (Å²) in [6, 6.07) is 9.65. The van der Waals surface area contributed by atoms with E-state index in [-0.39, 0.29) is 5.89 Å². The molecular formula is C17H15N7O. The van der Waals surface area contributed by atoms with Crippen LogP contribution in [-0.2, 0) is 0 Å². The molecule has 0 aliphatic rings. The number of hydrogen-bond acceptors (Lipinski definition) is 7. The van der Waals surface area contributed by atoms with Crippen LogP contribution < -0.4 is 5.73 Å². The highest BCUT2D eigenvalue weighted by molar-refractivity contribution is 5.66. The first-order valence-electron chi connectivity index (χ1n) is 7.67. The molecule has 0 aliphatic carbocycles. The third-order valence-electron chi connectivity index (χ3n) is 3.83. The lowest BCUT2D eigenvalue weighted by Crippen LogP contribution is -2.04. The Morgan fingerprint density at radius 1 is 1.16 bits per heavy atom. The van der Waals surface area contributed by atoms with Crippen LogP contribution in [0.15, 0.2) is 47.2 Å². The van der Waals surface area contributed by atoms with Crippen LogP contribution in [-0.4, -0.2) is 30.1 Å². The molecule has 2 N–H and O–H groups in total. The largest absolute Gasteiger partial charge is 0.382 e. The van der Waals surface area contributed by atoms with E-state index in [4.69, 9.17) is 10.3 Å². The second-order valence-electron chi connectivity index (χ2n) is 5.69. The van der Waals surface area contributed by atoms with E-state index >= 15 is 0 Å². The minimum atomic E-state index is 0.215. The molecule has 0 bridgehead atoms. The molecule has 4 rings (SSSR count). The minimum absolute atomic E-state index is 0.215. The van der Waals surface area contributed by atoms with Crippen LogP contribution in [0.3, 0.4) is 0 Å². The molecule has 1 aromatic carbocycles. The van der Waals surface area contributed by atoms with Crippen molar-refractivity contribution in [2.45, 2.75) is 13.8 Å². The maximum absolute atomic E-state index is 6.22. The zero-order valence-corrected chi connectivity index (χ0v) is 13.7. The van der Waals surface area contributed by atoms with Crippen molar-refractivity contribution >= 4 is 5.82 Å². The summed E-state index contributed by atoms with van der Waals surface area (Å²) < 4.78 is 6.87. The standard InChI is InChI=1S/C17H15N7O/c1-10-5-6-13(11(2)8-10)24-15(18)14(21-23-24)17-20-16(22-25-17)12-4-3-7-19-9-12/h3-9H,18H2,1-2H3. The first-order chi connectivity index (χ1) is 12.1. The minimum Gasteiger partial charge on any atom is -0.382 e. The molecule has 124 valence electrons. The Bertz CT molecular complexity index is 1040. The van der Waals surface area contributed by atoms with Crippen molar-refractivity contribution in [1.29, 1.82) is 0 Å². The topological polar surface area (TPSA) is 109 Å². The van der Waals surface area contributed by atoms with Crippen LogP contribution in [0.25, 0.3) is 28.7 Å². The van der Waals surface area contributed by atoms with Gasteiger partial charge in [0.15, 0.2) is 11.5 Å². The molecule has 0 atom stereocenters. The summed E-state index contributed by atoms with van der Waals surface area (Å²) >= 11 is 0. The van der Waals surface area contributed by atoms with Crippen molar-refractivity contribution in [2.75, 3.05) is 5.73 Å². The average Bonchev–Trinajstić information content (AvgIpc) is 3.23. The SMILES string of the molecule is Cc1ccc(-n2nnc(-c3nc(-c4cccnc4)no3)c2N)c(C)c1. The summed E-state index contributed by atoms with van der Waals surface area (Å²) in [6.45, 7) is 4.03. The van der Waals surface area contributed by atoms with Crippen molar-refractivity contribution in [3.8, 4) is 28.7 Å². The highest BCUT2D eigenvalue weighted by Gasteiger charge is 2.20. The van der Waals surface area contributed by atoms with Gasteiger partial charge in [-0.2, -0.15) is 9.67 Å². The molecule has 0 saturated carbocycles. The Labute approximate surface area is 143 Å². The molecule has 8 nitrogen and oxygen atoms in total. The maximum atomic E-state index is 6.22. The predicted octanol–water partition coefficient (Wildman–Crippen LogP) is 2.58. The number of aromatic nitrogens is 6. The van der Waals surface area contributed by atoms with Gasteiger partial charge in [0.2, 0.25) is 5.82 Å². The Balaban J connectivity index is 1.74. The van der Waals surface area contributed by atoms with Gasteiger partial charge in [0.05, 0.1) is 5.69 Å². The lowest BCUT2D eigenvalue weighted by molar-refractivity contribution is 0.431. The fourth-order valence-corrected chi connectivity index (χ4v) is 2.59. The van der Waals surface area contributed by atoms with Crippen molar-refractivity contribution in [2.24, 2.45) is 0 Å². The van der Waals surface area contributed by atoms with E-state index < -0.39 is 0 Å². The van der Waals surface area contributed by atoms with Crippen molar-refractivity contribution in [1.82, 2.24) is 30.1 Å². The summed E-state index contributed by atoms with van der Waals surface area (Å²) in [5.41, 5.74) is 10.4. The number of aryl methyl sites for hydroxylation is 2. The molecule has 0 saturated heterocycles. The van der Waals surface area contributed by atoms with E-state index in [2.05, 4.69) is 31.5 Å². The first-order valence-corrected chi connectivity index (χ1v) is 7.67. The number of rotatable bonds is 3. The molecule has 0 fully saturated rings. The van der Waals surface area contributed by atoms with Gasteiger partial charge in [0.1, 0.15) is 0 Å². The van der Waals surface area contributed by atoms with Crippen molar-refractivity contribution in [3.63, 3.8) is 0 Å². The third-order valence-corrected chi connectivity index (χ3v) is 3.83. The number of nitrogens with zero attached hydrogens (tertiary/aromatic N) is 6. The molecule has 3 heterocycles. The van der Waals surface area contributed by atoms with Gasteiger partial charge < -0.3 is 10.3 Å². The maximum Gasteiger partial charge on any atom is 0.282 e. The molecule has 0 aliphatic heterocycles. The number of pyridine rings is 1. The molecule has 3 aromatic heterocycles. The lowest BCUT2D eigenvalue weighted by atomic mass is 10.1. The zero-order chi connectivity index (χ0) is 17.4. The Hall–Kier alpha value is -3.55. The normalized spacial score (nSPS) is 11.0. The molecular weight excluding hydrogens is 318 g/mol. The molecule has 25 heavy (non-hydrogen) atoms. The van der Waals surface area contributed by atoms with Gasteiger partial charge in [-0.05, 0) is 37.6 Å². The smallest absolute Gasteiger partial charge is 0.282 e. The molecule has 0 radical (unpaired) electrons. The summed E-state index contributed by atoms with van der Waals surface area (Å²) in [4.78, 5) is 8.38. The monoisotopic (exact) mass is 333 g/mol. The van der Waals surface area contributed by atoms with E-state index in [0.717, 1.165) is 22.4 Å². The lowest BCUT2D eigenvalue weighted by Gasteiger charge is -2.07. The molecule has 0 unspecified atom stereocenters. The molecule has 8 heteroatoms. The second-order valence-corrected chi connectivity index (χ2v) is 5.69. The van der Waals surface area contributed by atoms with Gasteiger partial charge in [0.25, 0.3) is 5.89 Å². The highest BCUT2D eigenvalue weighted by atomic mass is 16.5. The zero-order valence-electron chi connectivity index (χ0n) is 13.7. The van der Waals surface area contributed by atoms with Gasteiger partial charge >= 0.3 is 0 Å². The molecule has 4 aromatic rings. The van der Waals surface area contributed by atoms with Crippen LogP contribution in [0.1, 0.15) is 11.1 Å². The first kappa shape index (κ1) is 15.0. The summed E-state index contributed by atoms with van der Waals surface area (Å²) in [5, 5.41) is 12.2. The van der Waals surface area contributed by atoms with Crippen LogP contribution >= 0.6 is 0 Å². The Morgan fingerprint density at radius 2 is 2.04 bits per heavy atom. The van der Waals surface area contributed by atoms with E-state index in [1.54, 1.807) is 23.1 Å². The van der Waals surface area contributed by atoms with Crippen molar-refractivity contribution < 1.29 is 4.52 Å². The second kappa shape index (κ2) is 5.82. The number of anilines is 1. The van der Waals surface area contributed by atoms with Gasteiger partial charge in [-0.15, -0.1) is 5.10 Å². The fraction of sp³-hybridized carbons (Fsp3) is 0.118. The average molecular weight is 333 g/mol. The van der Waals surface area contributed by atoms with E-state index in [1.807, 2.05) is 32.0 Å². The number of benzene rings is 1. The fourth-order valence-electron chi connectivity index (χ4n) is 2.59. The summed E-state index contributed by atoms with van der Waals surface area (Å²) in [6.07, 6.45) is 3.34. The molecule has 0 spiro atoms. The summed E-state index contributed by atoms with van der Waals surface area (Å²) in [7, 11) is 0. The van der Waals surface area contributed by atoms with Crippen LogP contribution in [0, 0.1) is 13.8 Å². The quantitative estimate of drug-likeness (QED) is 0.613. The number of hydrogen-bond donors (Lipinski definition) is 1. The van der Waals surface area contributed by atoms with E-state index in [9.17, 15) is 0 Å². The van der Waals surface area contributed by atoms with Gasteiger partial charge in [0, 0.05) is 18.0 Å². The van der Waals surface area contributed by atoms with Gasteiger partial charge in [-0.25, -0.2) is 0 Å². The van der Waals surface area contributed by atoms with Crippen molar-refractivity contribution in [3.05, 3.63) is 53.9 Å². The number of nitrogens with two attached hydrogens (primary N) is 1. The summed E-state index contributed by atoms with van der Waals surface area (Å²) in [5.74, 6) is 0.976. The third kappa shape index (κ3) is 2.63. The Kier molecular flexibility index (Phi) is 3.50. The van der Waals surface area contributed by atoms with Crippen LogP contribution in [0.4, 0.5) is 5.82 Å².